The molecule has 1 N–H and O–H groups in total. The van der Waals surface area contributed by atoms with Crippen molar-refractivity contribution in [1.29, 1.82) is 0 Å². The van der Waals surface area contributed by atoms with Crippen LogP contribution in [-0.4, -0.2) is 28.8 Å². The number of aryl methyl sites for hydroxylation is 2. The molecule has 2 aromatic rings. The average molecular weight is 445 g/mol. The van der Waals surface area contributed by atoms with Crippen molar-refractivity contribution in [3.8, 4) is 0 Å². The fraction of sp³-hybridized carbons (Fsp3) is 0.391. The third-order valence-electron chi connectivity index (χ3n) is 4.69. The first kappa shape index (κ1) is 22.2. The number of nitrogens with zero attached hydrogens (tertiary/aromatic N) is 1. The van der Waals surface area contributed by atoms with Crippen LogP contribution in [0, 0.1) is 13.8 Å². The van der Waals surface area contributed by atoms with E-state index in [0.717, 1.165) is 26.7 Å². The van der Waals surface area contributed by atoms with Crippen molar-refractivity contribution < 1.29 is 9.59 Å². The lowest BCUT2D eigenvalue weighted by Gasteiger charge is -2.29. The van der Waals surface area contributed by atoms with Gasteiger partial charge < -0.3 is 10.2 Å². The van der Waals surface area contributed by atoms with Crippen molar-refractivity contribution in [1.82, 2.24) is 10.2 Å². The summed E-state index contributed by atoms with van der Waals surface area (Å²) in [5, 5.41) is 2.92. The van der Waals surface area contributed by atoms with E-state index >= 15 is 0 Å². The minimum absolute atomic E-state index is 0.0248. The zero-order chi connectivity index (χ0) is 20.8. The van der Waals surface area contributed by atoms with Gasteiger partial charge in [-0.05, 0) is 63.4 Å². The molecule has 0 unspecified atom stereocenters. The van der Waals surface area contributed by atoms with Crippen LogP contribution in [-0.2, 0) is 22.6 Å². The van der Waals surface area contributed by atoms with Crippen LogP contribution >= 0.6 is 15.9 Å². The molecule has 2 rings (SSSR count). The van der Waals surface area contributed by atoms with Crippen LogP contribution in [0.1, 0.15) is 43.0 Å². The standard InChI is InChI=1S/C23H29BrN2O2/c1-15(2)25-23(28)18(5)26(14-19-7-6-8-21(24)12-19)22(27)13-20-11-16(3)9-10-17(20)4/h6-12,15,18H,13-14H2,1-5H3,(H,25,28)/t18-/m1/s1. The monoisotopic (exact) mass is 444 g/mol. The third kappa shape index (κ3) is 6.20. The molecule has 0 aromatic heterocycles. The van der Waals surface area contributed by atoms with Crippen LogP contribution in [0.15, 0.2) is 46.9 Å². The van der Waals surface area contributed by atoms with E-state index in [2.05, 4.69) is 21.2 Å². The number of carbonyl (C=O) groups is 2. The van der Waals surface area contributed by atoms with Crippen molar-refractivity contribution in [3.05, 3.63) is 69.2 Å². The molecular weight excluding hydrogens is 416 g/mol. The largest absolute Gasteiger partial charge is 0.352 e. The maximum atomic E-state index is 13.2. The Hall–Kier alpha value is -2.14. The van der Waals surface area contributed by atoms with Gasteiger partial charge in [-0.3, -0.25) is 9.59 Å². The van der Waals surface area contributed by atoms with Crippen molar-refractivity contribution >= 4 is 27.7 Å². The van der Waals surface area contributed by atoms with E-state index in [9.17, 15) is 9.59 Å². The quantitative estimate of drug-likeness (QED) is 0.680. The van der Waals surface area contributed by atoms with Gasteiger partial charge in [-0.2, -0.15) is 0 Å². The summed E-state index contributed by atoms with van der Waals surface area (Å²) >= 11 is 3.48. The Bertz CT molecular complexity index is 848. The maximum absolute atomic E-state index is 13.2. The number of carbonyl (C=O) groups excluding carboxylic acids is 2. The van der Waals surface area contributed by atoms with Crippen LogP contribution in [0.3, 0.4) is 0 Å². The van der Waals surface area contributed by atoms with Gasteiger partial charge in [0, 0.05) is 17.1 Å². The second kappa shape index (κ2) is 9.87. The molecule has 0 spiro atoms. The molecule has 0 aliphatic carbocycles. The summed E-state index contributed by atoms with van der Waals surface area (Å²) < 4.78 is 0.950. The molecule has 0 bridgehead atoms. The van der Waals surface area contributed by atoms with E-state index in [1.54, 1.807) is 11.8 Å². The minimum Gasteiger partial charge on any atom is -0.352 e. The van der Waals surface area contributed by atoms with E-state index in [4.69, 9.17) is 0 Å². The van der Waals surface area contributed by atoms with Crippen LogP contribution in [0.5, 0.6) is 0 Å². The van der Waals surface area contributed by atoms with E-state index in [0.29, 0.717) is 6.54 Å². The lowest BCUT2D eigenvalue weighted by Crippen LogP contribution is -2.49. The molecule has 0 fully saturated rings. The smallest absolute Gasteiger partial charge is 0.242 e. The molecule has 0 saturated heterocycles. The Morgan fingerprint density at radius 2 is 1.79 bits per heavy atom. The van der Waals surface area contributed by atoms with Gasteiger partial charge in [-0.1, -0.05) is 51.8 Å². The average Bonchev–Trinajstić information content (AvgIpc) is 2.61. The van der Waals surface area contributed by atoms with E-state index in [1.165, 1.54) is 0 Å². The lowest BCUT2D eigenvalue weighted by atomic mass is 10.0. The highest BCUT2D eigenvalue weighted by atomic mass is 79.9. The van der Waals surface area contributed by atoms with Crippen molar-refractivity contribution in [2.45, 2.75) is 59.7 Å². The zero-order valence-corrected chi connectivity index (χ0v) is 18.8. The minimum atomic E-state index is -0.556. The van der Waals surface area contributed by atoms with Gasteiger partial charge >= 0.3 is 0 Å². The zero-order valence-electron chi connectivity index (χ0n) is 17.3. The van der Waals surface area contributed by atoms with Crippen LogP contribution in [0.2, 0.25) is 0 Å². The van der Waals surface area contributed by atoms with Gasteiger partial charge in [0.05, 0.1) is 6.42 Å². The van der Waals surface area contributed by atoms with Gasteiger partial charge in [0.25, 0.3) is 0 Å². The van der Waals surface area contributed by atoms with Crippen molar-refractivity contribution in [3.63, 3.8) is 0 Å². The Balaban J connectivity index is 2.29. The summed E-state index contributed by atoms with van der Waals surface area (Å²) in [6, 6.07) is 13.4. The first-order chi connectivity index (χ1) is 13.2. The number of rotatable bonds is 7. The molecule has 5 heteroatoms. The molecule has 0 heterocycles. The van der Waals surface area contributed by atoms with Gasteiger partial charge in [0.1, 0.15) is 6.04 Å². The number of hydrogen-bond donors (Lipinski definition) is 1. The van der Waals surface area contributed by atoms with Crippen LogP contribution in [0.4, 0.5) is 0 Å². The summed E-state index contributed by atoms with van der Waals surface area (Å²) in [7, 11) is 0. The van der Waals surface area contributed by atoms with Crippen LogP contribution in [0.25, 0.3) is 0 Å². The Kier molecular flexibility index (Phi) is 7.81. The molecule has 2 amide bonds. The lowest BCUT2D eigenvalue weighted by molar-refractivity contribution is -0.140. The number of amides is 2. The molecule has 1 atom stereocenters. The summed E-state index contributed by atoms with van der Waals surface area (Å²) in [6.45, 7) is 10.0. The molecule has 150 valence electrons. The molecule has 0 aliphatic heterocycles. The number of halogens is 1. The Labute approximate surface area is 176 Å². The first-order valence-corrected chi connectivity index (χ1v) is 10.4. The molecule has 28 heavy (non-hydrogen) atoms. The molecule has 4 nitrogen and oxygen atoms in total. The molecular formula is C23H29BrN2O2. The summed E-state index contributed by atoms with van der Waals surface area (Å²) in [5.41, 5.74) is 4.19. The summed E-state index contributed by atoms with van der Waals surface area (Å²) in [5.74, 6) is -0.195. The number of nitrogens with one attached hydrogen (secondary N) is 1. The van der Waals surface area contributed by atoms with Gasteiger partial charge in [0.15, 0.2) is 0 Å². The van der Waals surface area contributed by atoms with Gasteiger partial charge in [0.2, 0.25) is 11.8 Å². The maximum Gasteiger partial charge on any atom is 0.242 e. The number of hydrogen-bond acceptors (Lipinski definition) is 2. The Morgan fingerprint density at radius 1 is 1.07 bits per heavy atom. The van der Waals surface area contributed by atoms with Crippen molar-refractivity contribution in [2.75, 3.05) is 0 Å². The Morgan fingerprint density at radius 3 is 2.43 bits per heavy atom. The fourth-order valence-corrected chi connectivity index (χ4v) is 3.52. The summed E-state index contributed by atoms with van der Waals surface area (Å²) in [4.78, 5) is 27.5. The highest BCUT2D eigenvalue weighted by molar-refractivity contribution is 9.10. The normalized spacial score (nSPS) is 12.0. The van der Waals surface area contributed by atoms with Crippen LogP contribution < -0.4 is 5.32 Å². The fourth-order valence-electron chi connectivity index (χ4n) is 3.07. The van der Waals surface area contributed by atoms with Gasteiger partial charge in [-0.25, -0.2) is 0 Å². The molecule has 2 aromatic carbocycles. The molecule has 0 radical (unpaired) electrons. The van der Waals surface area contributed by atoms with E-state index in [1.807, 2.05) is 70.2 Å². The predicted octanol–water partition coefficient (Wildman–Crippen LogP) is 4.55. The summed E-state index contributed by atoms with van der Waals surface area (Å²) in [6.07, 6.45) is 0.279. The second-order valence-electron chi connectivity index (χ2n) is 7.60. The second-order valence-corrected chi connectivity index (χ2v) is 8.51. The molecule has 0 saturated carbocycles. The number of benzene rings is 2. The highest BCUT2D eigenvalue weighted by Crippen LogP contribution is 2.18. The first-order valence-electron chi connectivity index (χ1n) is 9.57. The van der Waals surface area contributed by atoms with Crippen molar-refractivity contribution in [2.24, 2.45) is 0 Å². The SMILES string of the molecule is Cc1ccc(C)c(CC(=O)N(Cc2cccc(Br)c2)[C@H](C)C(=O)NC(C)C)c1. The van der Waals surface area contributed by atoms with Gasteiger partial charge in [-0.15, -0.1) is 0 Å². The molecule has 0 aliphatic rings. The third-order valence-corrected chi connectivity index (χ3v) is 5.18. The van der Waals surface area contributed by atoms with E-state index in [-0.39, 0.29) is 24.3 Å². The van der Waals surface area contributed by atoms with E-state index < -0.39 is 6.04 Å². The predicted molar refractivity (Wildman–Crippen MR) is 117 cm³/mol. The topological polar surface area (TPSA) is 49.4 Å². The highest BCUT2D eigenvalue weighted by Gasteiger charge is 2.26.